The molecule has 0 aliphatic rings. The molecular formula is C22H32N4O3S. The molecule has 0 saturated heterocycles. The number of benzene rings is 2. The molecule has 0 amide bonds. The molecule has 7 nitrogen and oxygen atoms in total. The van der Waals surface area contributed by atoms with E-state index in [1.54, 1.807) is 31.3 Å². The summed E-state index contributed by atoms with van der Waals surface area (Å²) in [6.45, 7) is 3.99. The lowest BCUT2D eigenvalue weighted by molar-refractivity contribution is 0.0646. The van der Waals surface area contributed by atoms with E-state index in [4.69, 9.17) is 4.74 Å². The molecule has 0 spiro atoms. The highest BCUT2D eigenvalue weighted by molar-refractivity contribution is 7.89. The van der Waals surface area contributed by atoms with Crippen molar-refractivity contribution in [2.45, 2.75) is 30.9 Å². The number of rotatable bonds is 10. The number of aliphatic imine (C=N–C) groups is 1. The molecule has 2 rings (SSSR count). The maximum atomic E-state index is 12.1. The molecule has 0 fully saturated rings. The van der Waals surface area contributed by atoms with Gasteiger partial charge >= 0.3 is 0 Å². The van der Waals surface area contributed by atoms with Gasteiger partial charge in [0.2, 0.25) is 10.0 Å². The molecule has 164 valence electrons. The largest absolute Gasteiger partial charge is 0.374 e. The smallest absolute Gasteiger partial charge is 0.242 e. The van der Waals surface area contributed by atoms with Crippen molar-refractivity contribution in [1.29, 1.82) is 0 Å². The maximum Gasteiger partial charge on any atom is 0.242 e. The summed E-state index contributed by atoms with van der Waals surface area (Å²) in [4.78, 5) is 4.50. The van der Waals surface area contributed by atoms with Crippen molar-refractivity contribution in [2.75, 3.05) is 34.3 Å². The average Bonchev–Trinajstić information content (AvgIpc) is 2.76. The van der Waals surface area contributed by atoms with E-state index in [1.165, 1.54) is 24.0 Å². The Hall–Kier alpha value is -2.42. The highest BCUT2D eigenvalue weighted by Gasteiger charge is 2.16. The number of nitrogens with zero attached hydrogens (tertiary/aromatic N) is 2. The molecule has 0 bridgehead atoms. The van der Waals surface area contributed by atoms with Crippen molar-refractivity contribution < 1.29 is 13.2 Å². The van der Waals surface area contributed by atoms with Crippen LogP contribution in [0.15, 0.2) is 64.5 Å². The molecule has 30 heavy (non-hydrogen) atoms. The Morgan fingerprint density at radius 2 is 1.73 bits per heavy atom. The SMILES string of the molecule is CN=C(NCCCOC(C)c1ccccc1)NCc1ccc(S(=O)(=O)N(C)C)cc1. The minimum Gasteiger partial charge on any atom is -0.374 e. The fourth-order valence-electron chi connectivity index (χ4n) is 2.76. The molecule has 0 heterocycles. The second kappa shape index (κ2) is 11.7. The van der Waals surface area contributed by atoms with Crippen LogP contribution in [0.25, 0.3) is 0 Å². The maximum absolute atomic E-state index is 12.1. The molecule has 2 aromatic rings. The lowest BCUT2D eigenvalue weighted by Gasteiger charge is -2.15. The lowest BCUT2D eigenvalue weighted by atomic mass is 10.1. The monoisotopic (exact) mass is 432 g/mol. The van der Waals surface area contributed by atoms with E-state index in [2.05, 4.69) is 34.7 Å². The van der Waals surface area contributed by atoms with E-state index in [0.717, 1.165) is 18.5 Å². The van der Waals surface area contributed by atoms with Gasteiger partial charge in [-0.25, -0.2) is 12.7 Å². The molecule has 0 aromatic heterocycles. The van der Waals surface area contributed by atoms with Crippen LogP contribution in [0.2, 0.25) is 0 Å². The summed E-state index contributed by atoms with van der Waals surface area (Å²) in [5.74, 6) is 0.691. The summed E-state index contributed by atoms with van der Waals surface area (Å²) in [5, 5.41) is 6.49. The second-order valence-corrected chi connectivity index (χ2v) is 9.21. The number of sulfonamides is 1. The summed E-state index contributed by atoms with van der Waals surface area (Å²) in [7, 11) is 1.36. The third-order valence-electron chi connectivity index (χ3n) is 4.64. The molecular weight excluding hydrogens is 400 g/mol. The minimum atomic E-state index is -3.41. The first-order chi connectivity index (χ1) is 14.3. The Balaban J connectivity index is 1.71. The van der Waals surface area contributed by atoms with Crippen LogP contribution in [0, 0.1) is 0 Å². The Morgan fingerprint density at radius 3 is 2.33 bits per heavy atom. The minimum absolute atomic E-state index is 0.0721. The van der Waals surface area contributed by atoms with E-state index in [9.17, 15) is 8.42 Å². The van der Waals surface area contributed by atoms with Crippen molar-refractivity contribution >= 4 is 16.0 Å². The molecule has 1 atom stereocenters. The number of guanidine groups is 1. The molecule has 8 heteroatoms. The summed E-state index contributed by atoms with van der Waals surface area (Å²) < 4.78 is 31.3. The molecule has 1 unspecified atom stereocenters. The van der Waals surface area contributed by atoms with Crippen LogP contribution in [0.3, 0.4) is 0 Å². The van der Waals surface area contributed by atoms with Gasteiger partial charge in [-0.3, -0.25) is 4.99 Å². The van der Waals surface area contributed by atoms with Gasteiger partial charge in [0.1, 0.15) is 0 Å². The van der Waals surface area contributed by atoms with Crippen molar-refractivity contribution in [3.8, 4) is 0 Å². The van der Waals surface area contributed by atoms with Gasteiger partial charge in [-0.1, -0.05) is 42.5 Å². The molecule has 0 radical (unpaired) electrons. The van der Waals surface area contributed by atoms with Crippen molar-refractivity contribution in [1.82, 2.24) is 14.9 Å². The summed E-state index contributed by atoms with van der Waals surface area (Å²) in [5.41, 5.74) is 2.14. The van der Waals surface area contributed by atoms with Gasteiger partial charge in [0.25, 0.3) is 0 Å². The predicted octanol–water partition coefficient (Wildman–Crippen LogP) is 2.77. The Bertz CT molecular complexity index is 898. The zero-order chi connectivity index (χ0) is 22.0. The van der Waals surface area contributed by atoms with E-state index in [0.29, 0.717) is 19.1 Å². The zero-order valence-electron chi connectivity index (χ0n) is 18.1. The van der Waals surface area contributed by atoms with Gasteiger partial charge in [-0.2, -0.15) is 0 Å². The van der Waals surface area contributed by atoms with Gasteiger partial charge in [-0.15, -0.1) is 0 Å². The first-order valence-electron chi connectivity index (χ1n) is 9.97. The average molecular weight is 433 g/mol. The first-order valence-corrected chi connectivity index (χ1v) is 11.4. The quantitative estimate of drug-likeness (QED) is 0.343. The van der Waals surface area contributed by atoms with E-state index < -0.39 is 10.0 Å². The Morgan fingerprint density at radius 1 is 1.07 bits per heavy atom. The standard InChI is InChI=1S/C22H32N4O3S/c1-18(20-9-6-5-7-10-20)29-16-8-15-24-22(23-2)25-17-19-11-13-21(14-12-19)30(27,28)26(3)4/h5-7,9-14,18H,8,15-17H2,1-4H3,(H2,23,24,25). The first kappa shape index (κ1) is 23.9. The number of hydrogen-bond acceptors (Lipinski definition) is 4. The second-order valence-electron chi connectivity index (χ2n) is 7.06. The van der Waals surface area contributed by atoms with Crippen LogP contribution in [-0.2, 0) is 21.3 Å². The van der Waals surface area contributed by atoms with Gasteiger partial charge in [0.05, 0.1) is 11.0 Å². The van der Waals surface area contributed by atoms with Gasteiger partial charge in [0.15, 0.2) is 5.96 Å². The molecule has 2 N–H and O–H groups in total. The van der Waals surface area contributed by atoms with E-state index in [-0.39, 0.29) is 11.0 Å². The third-order valence-corrected chi connectivity index (χ3v) is 6.47. The van der Waals surface area contributed by atoms with Crippen LogP contribution in [0.1, 0.15) is 30.6 Å². The van der Waals surface area contributed by atoms with Gasteiger partial charge < -0.3 is 15.4 Å². The van der Waals surface area contributed by atoms with Crippen LogP contribution in [0.5, 0.6) is 0 Å². The lowest BCUT2D eigenvalue weighted by Crippen LogP contribution is -2.37. The van der Waals surface area contributed by atoms with Gasteiger partial charge in [-0.05, 0) is 36.6 Å². The highest BCUT2D eigenvalue weighted by atomic mass is 32.2. The topological polar surface area (TPSA) is 83.0 Å². The van der Waals surface area contributed by atoms with Gasteiger partial charge in [0, 0.05) is 40.8 Å². The van der Waals surface area contributed by atoms with Crippen LogP contribution >= 0.6 is 0 Å². The van der Waals surface area contributed by atoms with E-state index >= 15 is 0 Å². The van der Waals surface area contributed by atoms with Crippen LogP contribution in [0.4, 0.5) is 0 Å². The van der Waals surface area contributed by atoms with E-state index in [1.807, 2.05) is 18.2 Å². The summed E-state index contributed by atoms with van der Waals surface area (Å²) >= 11 is 0. The molecule has 0 saturated carbocycles. The fraction of sp³-hybridized carbons (Fsp3) is 0.409. The normalized spacial score (nSPS) is 13.3. The highest BCUT2D eigenvalue weighted by Crippen LogP contribution is 2.16. The van der Waals surface area contributed by atoms with Crippen molar-refractivity contribution in [3.05, 3.63) is 65.7 Å². The fourth-order valence-corrected chi connectivity index (χ4v) is 3.66. The molecule has 0 aliphatic heterocycles. The summed E-state index contributed by atoms with van der Waals surface area (Å²) in [6.07, 6.45) is 0.928. The zero-order valence-corrected chi connectivity index (χ0v) is 18.9. The summed E-state index contributed by atoms with van der Waals surface area (Å²) in [6, 6.07) is 17.0. The van der Waals surface area contributed by atoms with Crippen LogP contribution in [-0.4, -0.2) is 53.0 Å². The number of hydrogen-bond donors (Lipinski definition) is 2. The Kier molecular flexibility index (Phi) is 9.29. The molecule has 0 aliphatic carbocycles. The molecule has 2 aromatic carbocycles. The number of ether oxygens (including phenoxy) is 1. The van der Waals surface area contributed by atoms with Crippen LogP contribution < -0.4 is 10.6 Å². The van der Waals surface area contributed by atoms with Crippen molar-refractivity contribution in [2.24, 2.45) is 4.99 Å². The number of nitrogens with one attached hydrogen (secondary N) is 2. The predicted molar refractivity (Wildman–Crippen MR) is 121 cm³/mol. The third kappa shape index (κ3) is 7.12. The van der Waals surface area contributed by atoms with Crippen molar-refractivity contribution in [3.63, 3.8) is 0 Å². The Labute approximate surface area is 180 Å².